The van der Waals surface area contributed by atoms with Crippen LogP contribution in [-0.2, 0) is 20.0 Å². The minimum absolute atomic E-state index is 0.354. The van der Waals surface area contributed by atoms with Gasteiger partial charge in [-0.1, -0.05) is 24.3 Å². The summed E-state index contributed by atoms with van der Waals surface area (Å²) >= 11 is 0. The quantitative estimate of drug-likeness (QED) is 0.445. The molecule has 0 spiro atoms. The van der Waals surface area contributed by atoms with Crippen LogP contribution in [0.5, 0.6) is 0 Å². The first kappa shape index (κ1) is 20.2. The van der Waals surface area contributed by atoms with Gasteiger partial charge in [-0.15, -0.1) is 0 Å². The average molecular weight is 414 g/mol. The Kier molecular flexibility index (Phi) is 5.70. The number of rotatable bonds is 7. The monoisotopic (exact) mass is 413 g/mol. The Morgan fingerprint density at radius 2 is 1.97 bits per heavy atom. The Morgan fingerprint density at radius 1 is 1.06 bits per heavy atom. The minimum Gasteiger partial charge on any atom is -0.342 e. The molecule has 1 aliphatic rings. The summed E-state index contributed by atoms with van der Waals surface area (Å²) in [6.45, 7) is 2.60. The molecule has 0 unspecified atom stereocenters. The van der Waals surface area contributed by atoms with E-state index < -0.39 is 0 Å². The fourth-order valence-corrected chi connectivity index (χ4v) is 5.14. The van der Waals surface area contributed by atoms with E-state index >= 15 is 0 Å². The molecule has 0 saturated carbocycles. The van der Waals surface area contributed by atoms with E-state index in [0.717, 1.165) is 51.0 Å². The topological polar surface area (TPSA) is 60.0 Å². The molecular formula is C26H31N5. The van der Waals surface area contributed by atoms with Crippen LogP contribution in [-0.4, -0.2) is 32.5 Å². The standard InChI is InChI=1S/C26H31N5/c1-30-23-11-3-2-10-21(23)22-16-20(29-17-25(22)30)18-31(15-5-4-13-27)24-12-6-8-19-9-7-14-28-26(19)24/h2-3,7,9-11,14,16-17,24H,4-6,8,12-13,15,18,27H2,1H3/t24-/m1/s1. The predicted octanol–water partition coefficient (Wildman–Crippen LogP) is 4.74. The summed E-state index contributed by atoms with van der Waals surface area (Å²) in [7, 11) is 2.12. The molecule has 31 heavy (non-hydrogen) atoms. The maximum Gasteiger partial charge on any atom is 0.0675 e. The molecule has 0 radical (unpaired) electrons. The molecule has 3 heterocycles. The van der Waals surface area contributed by atoms with Crippen molar-refractivity contribution in [2.45, 2.75) is 44.7 Å². The number of para-hydroxylation sites is 1. The number of pyridine rings is 2. The SMILES string of the molecule is Cn1c2ccccc2c2cc(CN(CCCCN)[C@@H]3CCCc4cccnc43)ncc21. The Bertz CT molecular complexity index is 1200. The minimum atomic E-state index is 0.354. The fraction of sp³-hybridized carbons (Fsp3) is 0.385. The first-order chi connectivity index (χ1) is 15.3. The largest absolute Gasteiger partial charge is 0.342 e. The van der Waals surface area contributed by atoms with Crippen molar-refractivity contribution in [3.63, 3.8) is 0 Å². The maximum atomic E-state index is 5.79. The normalized spacial score (nSPS) is 16.3. The lowest BCUT2D eigenvalue weighted by Gasteiger charge is -2.35. The molecule has 1 atom stereocenters. The van der Waals surface area contributed by atoms with E-state index in [9.17, 15) is 0 Å². The Hall–Kier alpha value is -2.76. The molecule has 160 valence electrons. The van der Waals surface area contributed by atoms with Gasteiger partial charge in [0.05, 0.1) is 29.1 Å². The summed E-state index contributed by atoms with van der Waals surface area (Å²) in [5, 5.41) is 2.58. The molecule has 0 amide bonds. The third-order valence-corrected chi connectivity index (χ3v) is 6.73. The summed E-state index contributed by atoms with van der Waals surface area (Å²) < 4.78 is 2.24. The predicted molar refractivity (Wildman–Crippen MR) is 127 cm³/mol. The molecule has 2 N–H and O–H groups in total. The van der Waals surface area contributed by atoms with Crippen LogP contribution in [0.4, 0.5) is 0 Å². The van der Waals surface area contributed by atoms with Gasteiger partial charge in [-0.25, -0.2) is 0 Å². The Labute approximate surface area is 183 Å². The molecule has 1 aromatic carbocycles. The lowest BCUT2D eigenvalue weighted by atomic mass is 9.90. The molecule has 0 fully saturated rings. The highest BCUT2D eigenvalue weighted by Crippen LogP contribution is 2.34. The molecule has 5 rings (SSSR count). The van der Waals surface area contributed by atoms with E-state index in [1.165, 1.54) is 39.5 Å². The molecule has 0 aliphatic heterocycles. The molecule has 1 aliphatic carbocycles. The number of hydrogen-bond donors (Lipinski definition) is 1. The zero-order valence-corrected chi connectivity index (χ0v) is 18.3. The van der Waals surface area contributed by atoms with Crippen LogP contribution in [0.25, 0.3) is 21.8 Å². The Balaban J connectivity index is 1.49. The second kappa shape index (κ2) is 8.77. The number of aryl methyl sites for hydroxylation is 2. The lowest BCUT2D eigenvalue weighted by Crippen LogP contribution is -2.33. The van der Waals surface area contributed by atoms with Crippen LogP contribution < -0.4 is 5.73 Å². The van der Waals surface area contributed by atoms with Crippen molar-refractivity contribution in [2.75, 3.05) is 13.1 Å². The molecular weight excluding hydrogens is 382 g/mol. The zero-order valence-electron chi connectivity index (χ0n) is 18.3. The summed E-state index contributed by atoms with van der Waals surface area (Å²) in [6, 6.07) is 15.6. The van der Waals surface area contributed by atoms with Crippen molar-refractivity contribution in [3.05, 3.63) is 71.8 Å². The summed E-state index contributed by atoms with van der Waals surface area (Å²) in [4.78, 5) is 12.3. The summed E-state index contributed by atoms with van der Waals surface area (Å²) in [5.74, 6) is 0. The van der Waals surface area contributed by atoms with Crippen LogP contribution in [0.1, 0.15) is 48.7 Å². The van der Waals surface area contributed by atoms with Gasteiger partial charge in [0.2, 0.25) is 0 Å². The van der Waals surface area contributed by atoms with Crippen molar-refractivity contribution in [1.29, 1.82) is 0 Å². The van der Waals surface area contributed by atoms with Gasteiger partial charge in [0.1, 0.15) is 0 Å². The van der Waals surface area contributed by atoms with E-state index in [4.69, 9.17) is 15.7 Å². The van der Waals surface area contributed by atoms with Crippen LogP contribution in [0.3, 0.4) is 0 Å². The van der Waals surface area contributed by atoms with Crippen molar-refractivity contribution in [2.24, 2.45) is 12.8 Å². The first-order valence-electron chi connectivity index (χ1n) is 11.5. The van der Waals surface area contributed by atoms with Gasteiger partial charge in [0.25, 0.3) is 0 Å². The van der Waals surface area contributed by atoms with Gasteiger partial charge < -0.3 is 10.3 Å². The van der Waals surface area contributed by atoms with Crippen LogP contribution in [0.2, 0.25) is 0 Å². The average Bonchev–Trinajstić information content (AvgIpc) is 3.10. The number of benzene rings is 1. The van der Waals surface area contributed by atoms with E-state index in [2.05, 4.69) is 59.0 Å². The second-order valence-electron chi connectivity index (χ2n) is 8.69. The zero-order chi connectivity index (χ0) is 21.2. The molecule has 5 heteroatoms. The van der Waals surface area contributed by atoms with Crippen molar-refractivity contribution < 1.29 is 0 Å². The highest BCUT2D eigenvalue weighted by atomic mass is 15.2. The number of hydrogen-bond acceptors (Lipinski definition) is 4. The van der Waals surface area contributed by atoms with Crippen LogP contribution >= 0.6 is 0 Å². The number of aromatic nitrogens is 3. The van der Waals surface area contributed by atoms with E-state index in [-0.39, 0.29) is 0 Å². The van der Waals surface area contributed by atoms with E-state index in [0.29, 0.717) is 6.04 Å². The third-order valence-electron chi connectivity index (χ3n) is 6.73. The van der Waals surface area contributed by atoms with Crippen molar-refractivity contribution >= 4 is 21.8 Å². The fourth-order valence-electron chi connectivity index (χ4n) is 5.14. The summed E-state index contributed by atoms with van der Waals surface area (Å²) in [5.41, 5.74) is 12.0. The van der Waals surface area contributed by atoms with Crippen LogP contribution in [0, 0.1) is 0 Å². The lowest BCUT2D eigenvalue weighted by molar-refractivity contribution is 0.161. The van der Waals surface area contributed by atoms with E-state index in [1.54, 1.807) is 0 Å². The molecule has 0 saturated heterocycles. The molecule has 0 bridgehead atoms. The number of unbranched alkanes of at least 4 members (excludes halogenated alkanes) is 1. The maximum absolute atomic E-state index is 5.79. The Morgan fingerprint density at radius 3 is 2.87 bits per heavy atom. The molecule has 4 aromatic rings. The van der Waals surface area contributed by atoms with Gasteiger partial charge in [0, 0.05) is 36.1 Å². The highest BCUT2D eigenvalue weighted by Gasteiger charge is 2.27. The van der Waals surface area contributed by atoms with Crippen LogP contribution in [0.15, 0.2) is 54.9 Å². The van der Waals surface area contributed by atoms with Crippen molar-refractivity contribution in [3.8, 4) is 0 Å². The second-order valence-corrected chi connectivity index (χ2v) is 8.69. The third kappa shape index (κ3) is 3.84. The number of fused-ring (bicyclic) bond motifs is 4. The molecule has 5 nitrogen and oxygen atoms in total. The highest BCUT2D eigenvalue weighted by molar-refractivity contribution is 6.07. The summed E-state index contributed by atoms with van der Waals surface area (Å²) in [6.07, 6.45) is 9.64. The van der Waals surface area contributed by atoms with Gasteiger partial charge in [-0.05, 0) is 69.0 Å². The van der Waals surface area contributed by atoms with Gasteiger partial charge in [0.15, 0.2) is 0 Å². The van der Waals surface area contributed by atoms with Gasteiger partial charge in [-0.3, -0.25) is 14.9 Å². The molecule has 3 aromatic heterocycles. The van der Waals surface area contributed by atoms with E-state index in [1.807, 2.05) is 12.4 Å². The smallest absolute Gasteiger partial charge is 0.0675 e. The van der Waals surface area contributed by atoms with Gasteiger partial charge >= 0.3 is 0 Å². The number of nitrogens with two attached hydrogens (primary N) is 1. The van der Waals surface area contributed by atoms with Gasteiger partial charge in [-0.2, -0.15) is 0 Å². The first-order valence-corrected chi connectivity index (χ1v) is 11.5. The number of nitrogens with zero attached hydrogens (tertiary/aromatic N) is 4. The van der Waals surface area contributed by atoms with Crippen molar-refractivity contribution in [1.82, 2.24) is 19.4 Å².